The van der Waals surface area contributed by atoms with Crippen molar-refractivity contribution in [2.24, 2.45) is 0 Å². The molecule has 0 bridgehead atoms. The summed E-state index contributed by atoms with van der Waals surface area (Å²) in [5, 5.41) is -0.409. The van der Waals surface area contributed by atoms with Gasteiger partial charge in [0.2, 0.25) is 5.91 Å². The molecule has 64 valence electrons. The van der Waals surface area contributed by atoms with Gasteiger partial charge in [0.15, 0.2) is 0 Å². The molecule has 4 heteroatoms. The summed E-state index contributed by atoms with van der Waals surface area (Å²) in [6, 6.07) is 0. The van der Waals surface area contributed by atoms with E-state index < -0.39 is 5.38 Å². The SMILES string of the molecule is COC1CN(C(=O)C(C)Cl)C1. The summed E-state index contributed by atoms with van der Waals surface area (Å²) in [5.41, 5.74) is 0. The third-order valence-corrected chi connectivity index (χ3v) is 2.02. The fourth-order valence-corrected chi connectivity index (χ4v) is 1.16. The van der Waals surface area contributed by atoms with Crippen LogP contribution in [0.3, 0.4) is 0 Å². The first kappa shape index (κ1) is 8.81. The first-order valence-electron chi connectivity index (χ1n) is 3.60. The number of ether oxygens (including phenoxy) is 1. The molecule has 0 aliphatic carbocycles. The van der Waals surface area contributed by atoms with Crippen molar-refractivity contribution in [1.82, 2.24) is 4.90 Å². The predicted octanol–water partition coefficient (Wildman–Crippen LogP) is 0.471. The van der Waals surface area contributed by atoms with E-state index in [1.165, 1.54) is 0 Å². The largest absolute Gasteiger partial charge is 0.378 e. The number of alkyl halides is 1. The molecule has 1 amide bonds. The van der Waals surface area contributed by atoms with Crippen LogP contribution in [0.2, 0.25) is 0 Å². The van der Waals surface area contributed by atoms with Crippen molar-refractivity contribution >= 4 is 17.5 Å². The van der Waals surface area contributed by atoms with Gasteiger partial charge >= 0.3 is 0 Å². The van der Waals surface area contributed by atoms with Crippen molar-refractivity contribution in [2.45, 2.75) is 18.4 Å². The van der Waals surface area contributed by atoms with Crippen LogP contribution in [-0.2, 0) is 9.53 Å². The van der Waals surface area contributed by atoms with Crippen molar-refractivity contribution in [3.63, 3.8) is 0 Å². The van der Waals surface area contributed by atoms with Gasteiger partial charge in [0, 0.05) is 20.2 Å². The monoisotopic (exact) mass is 177 g/mol. The number of likely N-dealkylation sites (tertiary alicyclic amines) is 1. The number of hydrogen-bond acceptors (Lipinski definition) is 2. The minimum atomic E-state index is -0.409. The molecule has 1 rings (SSSR count). The lowest BCUT2D eigenvalue weighted by Crippen LogP contribution is -2.56. The number of amides is 1. The zero-order chi connectivity index (χ0) is 8.43. The van der Waals surface area contributed by atoms with E-state index >= 15 is 0 Å². The van der Waals surface area contributed by atoms with E-state index in [-0.39, 0.29) is 12.0 Å². The fourth-order valence-electron chi connectivity index (χ4n) is 1.02. The van der Waals surface area contributed by atoms with Crippen LogP contribution in [0.25, 0.3) is 0 Å². The fraction of sp³-hybridized carbons (Fsp3) is 0.857. The van der Waals surface area contributed by atoms with Gasteiger partial charge in [-0.3, -0.25) is 4.79 Å². The Morgan fingerprint density at radius 3 is 2.64 bits per heavy atom. The van der Waals surface area contributed by atoms with Crippen molar-refractivity contribution in [1.29, 1.82) is 0 Å². The third kappa shape index (κ3) is 1.84. The predicted molar refractivity (Wildman–Crippen MR) is 42.7 cm³/mol. The summed E-state index contributed by atoms with van der Waals surface area (Å²) < 4.78 is 5.01. The number of nitrogens with zero attached hydrogens (tertiary/aromatic N) is 1. The molecule has 1 atom stereocenters. The number of methoxy groups -OCH3 is 1. The smallest absolute Gasteiger partial charge is 0.240 e. The zero-order valence-corrected chi connectivity index (χ0v) is 7.47. The maximum atomic E-state index is 11.1. The van der Waals surface area contributed by atoms with Crippen LogP contribution in [0.15, 0.2) is 0 Å². The van der Waals surface area contributed by atoms with Crippen LogP contribution in [0.1, 0.15) is 6.92 Å². The topological polar surface area (TPSA) is 29.5 Å². The highest BCUT2D eigenvalue weighted by Gasteiger charge is 2.31. The molecule has 0 spiro atoms. The summed E-state index contributed by atoms with van der Waals surface area (Å²) in [6.45, 7) is 3.06. The number of hydrogen-bond donors (Lipinski definition) is 0. The molecule has 1 aliphatic heterocycles. The molecule has 3 nitrogen and oxygen atoms in total. The first-order chi connectivity index (χ1) is 5.15. The van der Waals surface area contributed by atoms with Gasteiger partial charge in [0.05, 0.1) is 6.10 Å². The Morgan fingerprint density at radius 2 is 2.27 bits per heavy atom. The highest BCUT2D eigenvalue weighted by molar-refractivity contribution is 6.30. The van der Waals surface area contributed by atoms with Gasteiger partial charge < -0.3 is 9.64 Å². The van der Waals surface area contributed by atoms with Crippen molar-refractivity contribution in [3.05, 3.63) is 0 Å². The van der Waals surface area contributed by atoms with E-state index in [0.717, 1.165) is 0 Å². The average Bonchev–Trinajstić information content (AvgIpc) is 1.85. The molecule has 1 aliphatic rings. The van der Waals surface area contributed by atoms with Gasteiger partial charge in [-0.2, -0.15) is 0 Å². The molecule has 0 aromatic heterocycles. The van der Waals surface area contributed by atoms with Crippen molar-refractivity contribution in [2.75, 3.05) is 20.2 Å². The molecule has 1 heterocycles. The van der Waals surface area contributed by atoms with Crippen LogP contribution in [0.5, 0.6) is 0 Å². The van der Waals surface area contributed by atoms with Crippen LogP contribution in [-0.4, -0.2) is 42.5 Å². The number of carbonyl (C=O) groups is 1. The number of carbonyl (C=O) groups excluding carboxylic acids is 1. The molecule has 0 aromatic carbocycles. The van der Waals surface area contributed by atoms with E-state index in [9.17, 15) is 4.79 Å². The Labute approximate surface area is 71.3 Å². The van der Waals surface area contributed by atoms with Crippen LogP contribution in [0, 0.1) is 0 Å². The maximum Gasteiger partial charge on any atom is 0.240 e. The Morgan fingerprint density at radius 1 is 1.73 bits per heavy atom. The molecule has 1 unspecified atom stereocenters. The van der Waals surface area contributed by atoms with Gasteiger partial charge in [0.1, 0.15) is 5.38 Å². The molecule has 0 radical (unpaired) electrons. The normalized spacial score (nSPS) is 21.2. The third-order valence-electron chi connectivity index (χ3n) is 1.83. The molecule has 11 heavy (non-hydrogen) atoms. The van der Waals surface area contributed by atoms with Crippen molar-refractivity contribution in [3.8, 4) is 0 Å². The summed E-state index contributed by atoms with van der Waals surface area (Å²) in [7, 11) is 1.65. The van der Waals surface area contributed by atoms with Crippen molar-refractivity contribution < 1.29 is 9.53 Å². The highest BCUT2D eigenvalue weighted by atomic mass is 35.5. The second-order valence-electron chi connectivity index (χ2n) is 2.72. The summed E-state index contributed by atoms with van der Waals surface area (Å²) in [5.74, 6) is -0.0000309. The zero-order valence-electron chi connectivity index (χ0n) is 6.71. The number of rotatable bonds is 2. The van der Waals surface area contributed by atoms with Gasteiger partial charge in [0.25, 0.3) is 0 Å². The molecule has 1 saturated heterocycles. The first-order valence-corrected chi connectivity index (χ1v) is 4.04. The lowest BCUT2D eigenvalue weighted by molar-refractivity contribution is -0.142. The lowest BCUT2D eigenvalue weighted by atomic mass is 10.1. The van der Waals surface area contributed by atoms with Gasteiger partial charge in [-0.15, -0.1) is 11.6 Å². The van der Waals surface area contributed by atoms with Crippen LogP contribution >= 0.6 is 11.6 Å². The van der Waals surface area contributed by atoms with Gasteiger partial charge in [-0.1, -0.05) is 0 Å². The Bertz CT molecular complexity index is 155. The van der Waals surface area contributed by atoms with Crippen LogP contribution < -0.4 is 0 Å². The summed E-state index contributed by atoms with van der Waals surface area (Å²) in [4.78, 5) is 12.8. The highest BCUT2D eigenvalue weighted by Crippen LogP contribution is 2.13. The molecule has 0 saturated carbocycles. The second-order valence-corrected chi connectivity index (χ2v) is 3.37. The molecule has 0 N–H and O–H groups in total. The van der Waals surface area contributed by atoms with E-state index in [0.29, 0.717) is 13.1 Å². The Kier molecular flexibility index (Phi) is 2.73. The maximum absolute atomic E-state index is 11.1. The Balaban J connectivity index is 2.27. The van der Waals surface area contributed by atoms with Gasteiger partial charge in [-0.05, 0) is 6.92 Å². The summed E-state index contributed by atoms with van der Waals surface area (Å²) in [6.07, 6.45) is 0.217. The van der Waals surface area contributed by atoms with E-state index in [1.807, 2.05) is 0 Å². The lowest BCUT2D eigenvalue weighted by Gasteiger charge is -2.38. The second kappa shape index (κ2) is 3.41. The van der Waals surface area contributed by atoms with Crippen LogP contribution in [0.4, 0.5) is 0 Å². The quantitative estimate of drug-likeness (QED) is 0.574. The molecule has 1 fully saturated rings. The molecule has 0 aromatic rings. The molecular formula is C7H12ClNO2. The van der Waals surface area contributed by atoms with E-state index in [4.69, 9.17) is 16.3 Å². The minimum absolute atomic E-state index is 0.0000309. The average molecular weight is 178 g/mol. The summed E-state index contributed by atoms with van der Waals surface area (Å²) >= 11 is 5.59. The number of halogens is 1. The Hall–Kier alpha value is -0.280. The minimum Gasteiger partial charge on any atom is -0.378 e. The van der Waals surface area contributed by atoms with Gasteiger partial charge in [-0.25, -0.2) is 0 Å². The van der Waals surface area contributed by atoms with E-state index in [2.05, 4.69) is 0 Å². The standard InChI is InChI=1S/C7H12ClNO2/c1-5(8)7(10)9-3-6(4-9)11-2/h5-6H,3-4H2,1-2H3. The molecular weight excluding hydrogens is 166 g/mol. The van der Waals surface area contributed by atoms with E-state index in [1.54, 1.807) is 18.9 Å².